The van der Waals surface area contributed by atoms with Crippen LogP contribution in [0.3, 0.4) is 0 Å². The lowest BCUT2D eigenvalue weighted by atomic mass is 9.99. The van der Waals surface area contributed by atoms with Gasteiger partial charge in [-0.05, 0) is 23.3 Å². The maximum absolute atomic E-state index is 5.89. The molecule has 1 aliphatic rings. The fourth-order valence-corrected chi connectivity index (χ4v) is 1.56. The Morgan fingerprint density at radius 3 is 3.15 bits per heavy atom. The minimum atomic E-state index is -0.0150. The van der Waals surface area contributed by atoms with E-state index in [1.54, 1.807) is 7.11 Å². The Balaban J connectivity index is 2.41. The summed E-state index contributed by atoms with van der Waals surface area (Å²) in [4.78, 5) is 0. The van der Waals surface area contributed by atoms with Gasteiger partial charge < -0.3 is 15.2 Å². The van der Waals surface area contributed by atoms with Crippen LogP contribution in [0.15, 0.2) is 18.2 Å². The number of hydrogen-bond donors (Lipinski definition) is 1. The third kappa shape index (κ3) is 1.53. The van der Waals surface area contributed by atoms with Gasteiger partial charge in [0, 0.05) is 0 Å². The summed E-state index contributed by atoms with van der Waals surface area (Å²) in [5, 5.41) is 0. The molecule has 2 rings (SSSR count). The first-order chi connectivity index (χ1) is 6.31. The van der Waals surface area contributed by atoms with E-state index in [9.17, 15) is 0 Å². The summed E-state index contributed by atoms with van der Waals surface area (Å²) >= 11 is 0. The summed E-state index contributed by atoms with van der Waals surface area (Å²) in [7, 11) is 1.66. The summed E-state index contributed by atoms with van der Waals surface area (Å²) in [6.07, 6.45) is 0. The van der Waals surface area contributed by atoms with Crippen LogP contribution in [0.4, 0.5) is 0 Å². The van der Waals surface area contributed by atoms with Crippen molar-refractivity contribution in [3.05, 3.63) is 29.3 Å². The van der Waals surface area contributed by atoms with E-state index in [0.717, 1.165) is 11.3 Å². The molecule has 0 saturated heterocycles. The molecule has 3 heteroatoms. The lowest BCUT2D eigenvalue weighted by molar-refractivity contribution is 0.0922. The lowest BCUT2D eigenvalue weighted by Gasteiger charge is -2.22. The molecular formula is C10H13NO2. The van der Waals surface area contributed by atoms with Crippen LogP contribution in [0.25, 0.3) is 0 Å². The van der Waals surface area contributed by atoms with Crippen molar-refractivity contribution in [2.24, 2.45) is 5.73 Å². The first-order valence-electron chi connectivity index (χ1n) is 4.31. The molecular weight excluding hydrogens is 166 g/mol. The molecule has 0 aromatic heterocycles. The van der Waals surface area contributed by atoms with Crippen molar-refractivity contribution < 1.29 is 9.47 Å². The van der Waals surface area contributed by atoms with Crippen LogP contribution in [0.2, 0.25) is 0 Å². The molecule has 1 aromatic carbocycles. The zero-order valence-electron chi connectivity index (χ0n) is 7.62. The van der Waals surface area contributed by atoms with Gasteiger partial charge >= 0.3 is 0 Å². The molecule has 0 aliphatic carbocycles. The molecule has 0 spiro atoms. The van der Waals surface area contributed by atoms with E-state index in [0.29, 0.717) is 13.2 Å². The van der Waals surface area contributed by atoms with Crippen molar-refractivity contribution in [1.82, 2.24) is 0 Å². The molecule has 0 saturated carbocycles. The van der Waals surface area contributed by atoms with Crippen molar-refractivity contribution in [3.8, 4) is 5.75 Å². The van der Waals surface area contributed by atoms with Gasteiger partial charge in [0.1, 0.15) is 5.75 Å². The number of nitrogens with two attached hydrogens (primary N) is 1. The zero-order valence-corrected chi connectivity index (χ0v) is 7.62. The predicted octanol–water partition coefficient (Wildman–Crippen LogP) is 1.23. The SMILES string of the molecule is COc1ccc2c(c1)[C@@H](N)COC2. The Morgan fingerprint density at radius 1 is 1.54 bits per heavy atom. The van der Waals surface area contributed by atoms with Crippen molar-refractivity contribution in [1.29, 1.82) is 0 Å². The normalized spacial score (nSPS) is 20.9. The number of benzene rings is 1. The van der Waals surface area contributed by atoms with Crippen molar-refractivity contribution in [3.63, 3.8) is 0 Å². The van der Waals surface area contributed by atoms with Gasteiger partial charge in [-0.1, -0.05) is 6.07 Å². The Morgan fingerprint density at radius 2 is 2.38 bits per heavy atom. The molecule has 0 amide bonds. The number of ether oxygens (including phenoxy) is 2. The van der Waals surface area contributed by atoms with E-state index in [4.69, 9.17) is 15.2 Å². The Hall–Kier alpha value is -1.06. The molecule has 3 nitrogen and oxygen atoms in total. The summed E-state index contributed by atoms with van der Waals surface area (Å²) in [6.45, 7) is 1.26. The van der Waals surface area contributed by atoms with Crippen LogP contribution in [-0.4, -0.2) is 13.7 Å². The Kier molecular flexibility index (Phi) is 2.20. The number of hydrogen-bond acceptors (Lipinski definition) is 3. The number of fused-ring (bicyclic) bond motifs is 1. The maximum Gasteiger partial charge on any atom is 0.119 e. The Labute approximate surface area is 77.5 Å². The van der Waals surface area contributed by atoms with Crippen LogP contribution < -0.4 is 10.5 Å². The minimum absolute atomic E-state index is 0.0150. The number of rotatable bonds is 1. The highest BCUT2D eigenvalue weighted by Gasteiger charge is 2.17. The molecule has 1 heterocycles. The van der Waals surface area contributed by atoms with E-state index in [1.807, 2.05) is 18.2 Å². The summed E-state index contributed by atoms with van der Waals surface area (Å²) in [5.74, 6) is 0.858. The highest BCUT2D eigenvalue weighted by Crippen LogP contribution is 2.26. The molecule has 70 valence electrons. The fraction of sp³-hybridized carbons (Fsp3) is 0.400. The topological polar surface area (TPSA) is 44.5 Å². The average Bonchev–Trinajstić information content (AvgIpc) is 2.18. The summed E-state index contributed by atoms with van der Waals surface area (Å²) in [6, 6.07) is 5.91. The second-order valence-corrected chi connectivity index (χ2v) is 3.19. The van der Waals surface area contributed by atoms with Crippen molar-refractivity contribution >= 4 is 0 Å². The van der Waals surface area contributed by atoms with Crippen LogP contribution in [0.1, 0.15) is 17.2 Å². The molecule has 0 fully saturated rings. The van der Waals surface area contributed by atoms with Crippen LogP contribution in [0.5, 0.6) is 5.75 Å². The molecule has 0 bridgehead atoms. The minimum Gasteiger partial charge on any atom is -0.497 e. The van der Waals surface area contributed by atoms with E-state index in [1.165, 1.54) is 5.56 Å². The molecule has 1 aliphatic heterocycles. The highest BCUT2D eigenvalue weighted by molar-refractivity contribution is 5.38. The molecule has 0 unspecified atom stereocenters. The average molecular weight is 179 g/mol. The van der Waals surface area contributed by atoms with Crippen LogP contribution >= 0.6 is 0 Å². The first-order valence-corrected chi connectivity index (χ1v) is 4.31. The quantitative estimate of drug-likeness (QED) is 0.705. The van der Waals surface area contributed by atoms with E-state index >= 15 is 0 Å². The fourth-order valence-electron chi connectivity index (χ4n) is 1.56. The molecule has 0 radical (unpaired) electrons. The predicted molar refractivity (Wildman–Crippen MR) is 49.6 cm³/mol. The lowest BCUT2D eigenvalue weighted by Crippen LogP contribution is -2.23. The monoisotopic (exact) mass is 179 g/mol. The van der Waals surface area contributed by atoms with Gasteiger partial charge in [0.2, 0.25) is 0 Å². The molecule has 1 atom stereocenters. The van der Waals surface area contributed by atoms with Gasteiger partial charge in [0.25, 0.3) is 0 Å². The largest absolute Gasteiger partial charge is 0.497 e. The summed E-state index contributed by atoms with van der Waals surface area (Å²) in [5.41, 5.74) is 8.20. The third-order valence-corrected chi connectivity index (χ3v) is 2.31. The zero-order chi connectivity index (χ0) is 9.26. The highest BCUT2D eigenvalue weighted by atomic mass is 16.5. The molecule has 2 N–H and O–H groups in total. The second-order valence-electron chi connectivity index (χ2n) is 3.19. The van der Waals surface area contributed by atoms with Gasteiger partial charge in [-0.3, -0.25) is 0 Å². The Bertz CT molecular complexity index is 312. The second kappa shape index (κ2) is 3.36. The van der Waals surface area contributed by atoms with E-state index < -0.39 is 0 Å². The van der Waals surface area contributed by atoms with Crippen LogP contribution in [0, 0.1) is 0 Å². The van der Waals surface area contributed by atoms with Crippen molar-refractivity contribution in [2.45, 2.75) is 12.6 Å². The van der Waals surface area contributed by atoms with Gasteiger partial charge in [0.05, 0.1) is 26.4 Å². The van der Waals surface area contributed by atoms with Crippen LogP contribution in [-0.2, 0) is 11.3 Å². The standard InChI is InChI=1S/C10H13NO2/c1-12-8-3-2-7-5-13-6-10(11)9(7)4-8/h2-4,10H,5-6,11H2,1H3/t10-/m0/s1. The van der Waals surface area contributed by atoms with Crippen molar-refractivity contribution in [2.75, 3.05) is 13.7 Å². The van der Waals surface area contributed by atoms with E-state index in [-0.39, 0.29) is 6.04 Å². The van der Waals surface area contributed by atoms with Gasteiger partial charge in [-0.25, -0.2) is 0 Å². The van der Waals surface area contributed by atoms with Gasteiger partial charge in [0.15, 0.2) is 0 Å². The maximum atomic E-state index is 5.89. The van der Waals surface area contributed by atoms with E-state index in [2.05, 4.69) is 0 Å². The molecule has 1 aromatic rings. The smallest absolute Gasteiger partial charge is 0.119 e. The molecule has 13 heavy (non-hydrogen) atoms. The summed E-state index contributed by atoms with van der Waals surface area (Å²) < 4.78 is 10.4. The first kappa shape index (κ1) is 8.53. The number of methoxy groups -OCH3 is 1. The van der Waals surface area contributed by atoms with Gasteiger partial charge in [-0.2, -0.15) is 0 Å². The van der Waals surface area contributed by atoms with Gasteiger partial charge in [-0.15, -0.1) is 0 Å². The third-order valence-electron chi connectivity index (χ3n) is 2.31.